The Bertz CT molecular complexity index is 1390. The second-order valence-electron chi connectivity index (χ2n) is 7.69. The molecule has 1 heterocycles. The Kier molecular flexibility index (Phi) is 8.23. The van der Waals surface area contributed by atoms with E-state index in [1.54, 1.807) is 18.2 Å². The summed E-state index contributed by atoms with van der Waals surface area (Å²) >= 11 is 9.61. The molecule has 10 nitrogen and oxygen atoms in total. The summed E-state index contributed by atoms with van der Waals surface area (Å²) in [7, 11) is 1.17. The molecule has 0 radical (unpaired) electrons. The lowest BCUT2D eigenvalue weighted by Gasteiger charge is -2.15. The highest BCUT2D eigenvalue weighted by atomic mass is 79.9. The van der Waals surface area contributed by atoms with Crippen molar-refractivity contribution in [2.45, 2.75) is 39.2 Å². The van der Waals surface area contributed by atoms with E-state index >= 15 is 0 Å². The number of hydrogen-bond donors (Lipinski definition) is 0. The molecule has 12 heteroatoms. The number of carbonyl (C=O) groups is 1. The van der Waals surface area contributed by atoms with Crippen LogP contribution in [0.1, 0.15) is 44.5 Å². The minimum absolute atomic E-state index is 0.0820. The molecule has 35 heavy (non-hydrogen) atoms. The number of nitro groups is 1. The van der Waals surface area contributed by atoms with Gasteiger partial charge in [-0.05, 0) is 37.6 Å². The van der Waals surface area contributed by atoms with Crippen molar-refractivity contribution in [3.05, 3.63) is 71.7 Å². The number of esters is 1. The topological polar surface area (TPSA) is 126 Å². The number of rotatable bonds is 8. The molecule has 1 aromatic heterocycles. The van der Waals surface area contributed by atoms with Crippen LogP contribution in [-0.4, -0.2) is 40.0 Å². The van der Waals surface area contributed by atoms with Crippen LogP contribution in [0.3, 0.4) is 0 Å². The minimum Gasteiger partial charge on any atom is -0.471 e. The SMILES string of the molecule is CC[C@@H](C)c1nc2ccc(Br)cc2c(=O)n1N=Cc1cc(Cl)c(O[C@H](C)C(=O)OC)c([N+](=O)[O-])c1. The van der Waals surface area contributed by atoms with E-state index in [4.69, 9.17) is 16.3 Å². The van der Waals surface area contributed by atoms with Crippen LogP contribution in [0, 0.1) is 10.1 Å². The number of nitro benzene ring substituents is 1. The second kappa shape index (κ2) is 11.0. The van der Waals surface area contributed by atoms with Crippen molar-refractivity contribution in [2.24, 2.45) is 5.10 Å². The normalized spacial score (nSPS) is 13.1. The number of halogens is 2. The van der Waals surface area contributed by atoms with Gasteiger partial charge in [-0.25, -0.2) is 9.78 Å². The molecule has 0 saturated carbocycles. The first-order valence-electron chi connectivity index (χ1n) is 10.6. The zero-order valence-electron chi connectivity index (χ0n) is 19.3. The molecule has 0 fully saturated rings. The van der Waals surface area contributed by atoms with Crippen molar-refractivity contribution < 1.29 is 19.2 Å². The molecule has 0 spiro atoms. The summed E-state index contributed by atoms with van der Waals surface area (Å²) < 4.78 is 11.9. The Balaban J connectivity index is 2.11. The van der Waals surface area contributed by atoms with E-state index in [0.29, 0.717) is 23.1 Å². The zero-order valence-corrected chi connectivity index (χ0v) is 21.7. The molecule has 3 rings (SSSR count). The van der Waals surface area contributed by atoms with Crippen molar-refractivity contribution in [1.82, 2.24) is 9.66 Å². The van der Waals surface area contributed by atoms with Crippen LogP contribution in [0.25, 0.3) is 10.9 Å². The van der Waals surface area contributed by atoms with Crippen LogP contribution in [0.4, 0.5) is 5.69 Å². The summed E-state index contributed by atoms with van der Waals surface area (Å²) in [5.74, 6) is -0.618. The number of nitrogens with zero attached hydrogens (tertiary/aromatic N) is 4. The van der Waals surface area contributed by atoms with Gasteiger partial charge in [-0.2, -0.15) is 9.78 Å². The highest BCUT2D eigenvalue weighted by Gasteiger charge is 2.25. The van der Waals surface area contributed by atoms with Gasteiger partial charge in [-0.15, -0.1) is 0 Å². The average Bonchev–Trinajstić information content (AvgIpc) is 2.83. The van der Waals surface area contributed by atoms with Crippen molar-refractivity contribution in [2.75, 3.05) is 7.11 Å². The van der Waals surface area contributed by atoms with Crippen molar-refractivity contribution in [3.63, 3.8) is 0 Å². The van der Waals surface area contributed by atoms with Crippen LogP contribution in [0.2, 0.25) is 5.02 Å². The fraction of sp³-hybridized carbons (Fsp3) is 0.304. The van der Waals surface area contributed by atoms with Gasteiger partial charge < -0.3 is 9.47 Å². The number of ether oxygens (including phenoxy) is 2. The minimum atomic E-state index is -1.12. The van der Waals surface area contributed by atoms with Crippen LogP contribution in [0.15, 0.2) is 44.7 Å². The highest BCUT2D eigenvalue weighted by molar-refractivity contribution is 9.10. The van der Waals surface area contributed by atoms with Gasteiger partial charge in [0, 0.05) is 22.0 Å². The van der Waals surface area contributed by atoms with Crippen molar-refractivity contribution in [3.8, 4) is 5.75 Å². The lowest BCUT2D eigenvalue weighted by Crippen LogP contribution is -2.25. The third-order valence-electron chi connectivity index (χ3n) is 5.28. The van der Waals surface area contributed by atoms with E-state index in [-0.39, 0.29) is 27.8 Å². The fourth-order valence-corrected chi connectivity index (χ4v) is 3.85. The summed E-state index contributed by atoms with van der Waals surface area (Å²) in [5.41, 5.74) is -0.0592. The molecule has 0 aliphatic carbocycles. The van der Waals surface area contributed by atoms with E-state index in [1.807, 2.05) is 13.8 Å². The average molecular weight is 566 g/mol. The predicted octanol–water partition coefficient (Wildman–Crippen LogP) is 5.06. The van der Waals surface area contributed by atoms with E-state index in [0.717, 1.165) is 4.47 Å². The molecule has 184 valence electrons. The predicted molar refractivity (Wildman–Crippen MR) is 136 cm³/mol. The zero-order chi connectivity index (χ0) is 25.9. The molecule has 2 atom stereocenters. The van der Waals surface area contributed by atoms with Crippen LogP contribution in [-0.2, 0) is 9.53 Å². The highest BCUT2D eigenvalue weighted by Crippen LogP contribution is 2.36. The Morgan fingerprint density at radius 2 is 2.06 bits per heavy atom. The van der Waals surface area contributed by atoms with E-state index in [1.165, 1.54) is 37.1 Å². The van der Waals surface area contributed by atoms with Crippen LogP contribution >= 0.6 is 27.5 Å². The smallest absolute Gasteiger partial charge is 0.346 e. The van der Waals surface area contributed by atoms with E-state index < -0.39 is 22.7 Å². The van der Waals surface area contributed by atoms with Gasteiger partial charge >= 0.3 is 11.7 Å². The third kappa shape index (κ3) is 5.68. The fourth-order valence-electron chi connectivity index (χ4n) is 3.22. The van der Waals surface area contributed by atoms with Gasteiger partial charge in [0.05, 0.1) is 34.2 Å². The first-order valence-corrected chi connectivity index (χ1v) is 11.7. The Hall–Kier alpha value is -3.31. The summed E-state index contributed by atoms with van der Waals surface area (Å²) in [6, 6.07) is 7.78. The molecular formula is C23H22BrClN4O6. The van der Waals surface area contributed by atoms with Crippen LogP contribution < -0.4 is 10.3 Å². The molecule has 0 saturated heterocycles. The monoisotopic (exact) mass is 564 g/mol. The molecular weight excluding hydrogens is 544 g/mol. The molecule has 3 aromatic rings. The largest absolute Gasteiger partial charge is 0.471 e. The van der Waals surface area contributed by atoms with E-state index in [2.05, 4.69) is 30.8 Å². The Labute approximate surface area is 213 Å². The van der Waals surface area contributed by atoms with E-state index in [9.17, 15) is 19.7 Å². The molecule has 0 unspecified atom stereocenters. The molecule has 2 aromatic carbocycles. The Morgan fingerprint density at radius 3 is 2.69 bits per heavy atom. The lowest BCUT2D eigenvalue weighted by molar-refractivity contribution is -0.386. The summed E-state index contributed by atoms with van der Waals surface area (Å²) in [4.78, 5) is 40.5. The second-order valence-corrected chi connectivity index (χ2v) is 9.02. The number of benzene rings is 2. The van der Waals surface area contributed by atoms with Crippen LogP contribution in [0.5, 0.6) is 5.75 Å². The third-order valence-corrected chi connectivity index (χ3v) is 6.05. The molecule has 0 bridgehead atoms. The maximum absolute atomic E-state index is 13.2. The Morgan fingerprint density at radius 1 is 1.34 bits per heavy atom. The number of fused-ring (bicyclic) bond motifs is 1. The summed E-state index contributed by atoms with van der Waals surface area (Å²) in [6.45, 7) is 5.28. The number of methoxy groups -OCH3 is 1. The standard InChI is InChI=1S/C23H22BrClN4O6/c1-5-12(2)21-27-18-7-6-15(24)10-16(18)22(30)28(21)26-11-14-8-17(25)20(19(9-14)29(32)33)35-13(3)23(31)34-4/h6-13H,5H2,1-4H3/t12-,13-/m1/s1. The number of carbonyl (C=O) groups excluding carboxylic acids is 1. The van der Waals surface area contributed by atoms with Gasteiger partial charge in [0.25, 0.3) is 5.56 Å². The van der Waals surface area contributed by atoms with Crippen molar-refractivity contribution in [1.29, 1.82) is 0 Å². The van der Waals surface area contributed by atoms with Gasteiger partial charge in [0.2, 0.25) is 5.75 Å². The summed E-state index contributed by atoms with van der Waals surface area (Å²) in [5, 5.41) is 16.2. The first-order chi connectivity index (χ1) is 16.6. The maximum atomic E-state index is 13.2. The van der Waals surface area contributed by atoms with Gasteiger partial charge in [0.1, 0.15) is 5.82 Å². The molecule has 0 aliphatic rings. The molecule has 0 N–H and O–H groups in total. The first kappa shape index (κ1) is 26.3. The summed E-state index contributed by atoms with van der Waals surface area (Å²) in [6.07, 6.45) is 0.882. The molecule has 0 amide bonds. The quantitative estimate of drug-likeness (QED) is 0.162. The van der Waals surface area contributed by atoms with Gasteiger partial charge in [-0.3, -0.25) is 14.9 Å². The van der Waals surface area contributed by atoms with Gasteiger partial charge in [0.15, 0.2) is 6.10 Å². The van der Waals surface area contributed by atoms with Crippen molar-refractivity contribution >= 4 is 56.3 Å². The van der Waals surface area contributed by atoms with Gasteiger partial charge in [-0.1, -0.05) is 41.4 Å². The molecule has 0 aliphatic heterocycles. The number of hydrogen-bond acceptors (Lipinski definition) is 8. The lowest BCUT2D eigenvalue weighted by atomic mass is 10.1. The maximum Gasteiger partial charge on any atom is 0.346 e. The number of aromatic nitrogens is 2.